The fourth-order valence-electron chi connectivity index (χ4n) is 2.43. The lowest BCUT2D eigenvalue weighted by Crippen LogP contribution is -2.10. The summed E-state index contributed by atoms with van der Waals surface area (Å²) in [5, 5.41) is 2.45. The van der Waals surface area contributed by atoms with Gasteiger partial charge in [0.1, 0.15) is 0 Å². The molecule has 0 spiro atoms. The van der Waals surface area contributed by atoms with Gasteiger partial charge in [0.15, 0.2) is 0 Å². The number of nitrogens with zero attached hydrogens (tertiary/aromatic N) is 1. The number of aromatic nitrogens is 1. The third-order valence-corrected chi connectivity index (χ3v) is 3.63. The number of rotatable bonds is 0. The van der Waals surface area contributed by atoms with E-state index >= 15 is 0 Å². The van der Waals surface area contributed by atoms with E-state index in [4.69, 9.17) is 4.98 Å². The maximum Gasteiger partial charge on any atom is 0.0709 e. The van der Waals surface area contributed by atoms with Crippen LogP contribution < -0.4 is 0 Å². The lowest BCUT2D eigenvalue weighted by molar-refractivity contribution is 0.591. The van der Waals surface area contributed by atoms with E-state index in [1.54, 1.807) is 0 Å². The summed E-state index contributed by atoms with van der Waals surface area (Å²) < 4.78 is 0. The minimum atomic E-state index is 0.176. The molecule has 0 amide bonds. The van der Waals surface area contributed by atoms with Crippen LogP contribution in [0.2, 0.25) is 0 Å². The summed E-state index contributed by atoms with van der Waals surface area (Å²) in [5.74, 6) is 0. The quantitative estimate of drug-likeness (QED) is 0.511. The zero-order chi connectivity index (χ0) is 13.6. The lowest BCUT2D eigenvalue weighted by atomic mass is 9.86. The molecule has 0 aliphatic carbocycles. The van der Waals surface area contributed by atoms with Crippen LogP contribution in [0.4, 0.5) is 0 Å². The second-order valence-electron chi connectivity index (χ2n) is 6.34. The SMILES string of the molecule is Cc1ccc2nc3ccc(C(C)(C)C)cc3cc2c1. The Labute approximate surface area is 114 Å². The molecule has 0 aliphatic heterocycles. The molecule has 0 N–H and O–H groups in total. The summed E-state index contributed by atoms with van der Waals surface area (Å²) in [6, 6.07) is 15.3. The monoisotopic (exact) mass is 249 g/mol. The number of pyridine rings is 1. The maximum atomic E-state index is 4.74. The molecule has 0 atom stereocenters. The van der Waals surface area contributed by atoms with Gasteiger partial charge in [-0.1, -0.05) is 38.5 Å². The molecule has 1 nitrogen and oxygen atoms in total. The minimum absolute atomic E-state index is 0.176. The summed E-state index contributed by atoms with van der Waals surface area (Å²) in [6.07, 6.45) is 0. The summed E-state index contributed by atoms with van der Waals surface area (Å²) in [7, 11) is 0. The molecule has 0 aliphatic rings. The molecule has 0 radical (unpaired) electrons. The van der Waals surface area contributed by atoms with Crippen molar-refractivity contribution in [3.8, 4) is 0 Å². The first kappa shape index (κ1) is 12.2. The van der Waals surface area contributed by atoms with Crippen molar-refractivity contribution in [2.24, 2.45) is 0 Å². The highest BCUT2D eigenvalue weighted by atomic mass is 14.7. The van der Waals surface area contributed by atoms with Gasteiger partial charge in [-0.2, -0.15) is 0 Å². The largest absolute Gasteiger partial charge is 0.248 e. The first-order chi connectivity index (χ1) is 8.93. The Balaban J connectivity index is 2.30. The van der Waals surface area contributed by atoms with E-state index in [0.717, 1.165) is 11.0 Å². The van der Waals surface area contributed by atoms with Gasteiger partial charge in [0.05, 0.1) is 11.0 Å². The van der Waals surface area contributed by atoms with Crippen LogP contribution in [-0.2, 0) is 5.41 Å². The van der Waals surface area contributed by atoms with Gasteiger partial charge in [-0.3, -0.25) is 0 Å². The molecule has 0 fully saturated rings. The van der Waals surface area contributed by atoms with E-state index in [1.807, 2.05) is 0 Å². The van der Waals surface area contributed by atoms with E-state index in [2.05, 4.69) is 70.2 Å². The molecule has 3 rings (SSSR count). The van der Waals surface area contributed by atoms with Crippen molar-refractivity contribution in [2.75, 3.05) is 0 Å². The van der Waals surface area contributed by atoms with Crippen LogP contribution in [0.5, 0.6) is 0 Å². The van der Waals surface area contributed by atoms with Gasteiger partial charge in [0.2, 0.25) is 0 Å². The summed E-state index contributed by atoms with van der Waals surface area (Å²) in [6.45, 7) is 8.85. The van der Waals surface area contributed by atoms with Gasteiger partial charge in [-0.15, -0.1) is 0 Å². The molecular weight excluding hydrogens is 230 g/mol. The zero-order valence-electron chi connectivity index (χ0n) is 12.0. The van der Waals surface area contributed by atoms with E-state index in [0.29, 0.717) is 0 Å². The second kappa shape index (κ2) is 4.06. The Hall–Kier alpha value is -1.89. The van der Waals surface area contributed by atoms with Crippen LogP contribution in [0.25, 0.3) is 21.8 Å². The van der Waals surface area contributed by atoms with Gasteiger partial charge in [-0.05, 0) is 48.2 Å². The summed E-state index contributed by atoms with van der Waals surface area (Å²) in [5.41, 5.74) is 4.95. The summed E-state index contributed by atoms with van der Waals surface area (Å²) in [4.78, 5) is 4.74. The van der Waals surface area contributed by atoms with Crippen LogP contribution >= 0.6 is 0 Å². The Morgan fingerprint density at radius 1 is 0.789 bits per heavy atom. The van der Waals surface area contributed by atoms with Crippen LogP contribution in [0, 0.1) is 6.92 Å². The molecular formula is C18H19N. The molecule has 3 aromatic rings. The van der Waals surface area contributed by atoms with Gasteiger partial charge < -0.3 is 0 Å². The van der Waals surface area contributed by atoms with Crippen molar-refractivity contribution in [3.05, 3.63) is 53.6 Å². The molecule has 0 unspecified atom stereocenters. The lowest BCUT2D eigenvalue weighted by Gasteiger charge is -2.19. The molecule has 1 aromatic heterocycles. The Kier molecular flexibility index (Phi) is 2.60. The molecule has 0 bridgehead atoms. The predicted octanol–water partition coefficient (Wildman–Crippen LogP) is 4.99. The highest BCUT2D eigenvalue weighted by Gasteiger charge is 2.14. The third-order valence-electron chi connectivity index (χ3n) is 3.63. The number of hydrogen-bond donors (Lipinski definition) is 0. The molecule has 1 heteroatoms. The van der Waals surface area contributed by atoms with Gasteiger partial charge in [0.25, 0.3) is 0 Å². The molecule has 0 saturated heterocycles. The van der Waals surface area contributed by atoms with Crippen molar-refractivity contribution in [1.82, 2.24) is 4.98 Å². The summed E-state index contributed by atoms with van der Waals surface area (Å²) >= 11 is 0. The van der Waals surface area contributed by atoms with Crippen molar-refractivity contribution in [3.63, 3.8) is 0 Å². The van der Waals surface area contributed by atoms with Gasteiger partial charge in [-0.25, -0.2) is 4.98 Å². The Bertz CT molecular complexity index is 764. The van der Waals surface area contributed by atoms with Crippen LogP contribution in [0.1, 0.15) is 31.9 Å². The fourth-order valence-corrected chi connectivity index (χ4v) is 2.43. The highest BCUT2D eigenvalue weighted by molar-refractivity contribution is 5.93. The standard InChI is InChI=1S/C18H19N/c1-12-5-7-16-13(9-12)10-14-11-15(18(2,3)4)6-8-17(14)19-16/h5-11H,1-4H3. The Morgan fingerprint density at radius 2 is 1.42 bits per heavy atom. The first-order valence-corrected chi connectivity index (χ1v) is 6.75. The highest BCUT2D eigenvalue weighted by Crippen LogP contribution is 2.27. The molecule has 1 heterocycles. The first-order valence-electron chi connectivity index (χ1n) is 6.75. The number of aryl methyl sites for hydroxylation is 1. The van der Waals surface area contributed by atoms with Gasteiger partial charge in [0, 0.05) is 10.8 Å². The van der Waals surface area contributed by atoms with Crippen molar-refractivity contribution in [2.45, 2.75) is 33.1 Å². The van der Waals surface area contributed by atoms with Crippen LogP contribution in [-0.4, -0.2) is 4.98 Å². The topological polar surface area (TPSA) is 12.9 Å². The number of hydrogen-bond acceptors (Lipinski definition) is 1. The second-order valence-corrected chi connectivity index (χ2v) is 6.34. The van der Waals surface area contributed by atoms with E-state index < -0.39 is 0 Å². The average molecular weight is 249 g/mol. The maximum absolute atomic E-state index is 4.74. The smallest absolute Gasteiger partial charge is 0.0709 e. The third kappa shape index (κ3) is 2.21. The van der Waals surface area contributed by atoms with E-state index in [9.17, 15) is 0 Å². The number of fused-ring (bicyclic) bond motifs is 2. The van der Waals surface area contributed by atoms with E-state index in [1.165, 1.54) is 21.9 Å². The van der Waals surface area contributed by atoms with Crippen LogP contribution in [0.15, 0.2) is 42.5 Å². The fraction of sp³-hybridized carbons (Fsp3) is 0.278. The van der Waals surface area contributed by atoms with Crippen molar-refractivity contribution >= 4 is 21.8 Å². The normalized spacial score (nSPS) is 12.2. The number of benzene rings is 2. The van der Waals surface area contributed by atoms with Crippen molar-refractivity contribution in [1.29, 1.82) is 0 Å². The molecule has 0 saturated carbocycles. The molecule has 19 heavy (non-hydrogen) atoms. The van der Waals surface area contributed by atoms with Crippen LogP contribution in [0.3, 0.4) is 0 Å². The van der Waals surface area contributed by atoms with Gasteiger partial charge >= 0.3 is 0 Å². The van der Waals surface area contributed by atoms with Crippen molar-refractivity contribution < 1.29 is 0 Å². The average Bonchev–Trinajstić information content (AvgIpc) is 2.34. The molecule has 2 aromatic carbocycles. The Morgan fingerprint density at radius 3 is 2.11 bits per heavy atom. The molecule has 96 valence electrons. The minimum Gasteiger partial charge on any atom is -0.248 e. The van der Waals surface area contributed by atoms with E-state index in [-0.39, 0.29) is 5.41 Å². The predicted molar refractivity (Wildman–Crippen MR) is 82.7 cm³/mol. The zero-order valence-corrected chi connectivity index (χ0v) is 12.0.